The number of nitrogens with one attached hydrogen (secondary N) is 2. The molecule has 0 unspecified atom stereocenters. The van der Waals surface area contributed by atoms with E-state index >= 15 is 0 Å². The standard InChI is InChI=1S/C20H25FN4O3/c1-28-12-4-10-22-19(26)17-16-5-2-3-11-25(16)18(24-17)20(27)23-13-14-6-8-15(21)9-7-14/h6-9H,2-5,10-13H2,1H3,(H,22,26)(H,23,27). The molecule has 1 aromatic heterocycles. The fraction of sp³-hybridized carbons (Fsp3) is 0.450. The summed E-state index contributed by atoms with van der Waals surface area (Å²) in [6, 6.07) is 5.95. The zero-order valence-electron chi connectivity index (χ0n) is 16.0. The fourth-order valence-electron chi connectivity index (χ4n) is 3.26. The molecule has 0 spiro atoms. The number of aromatic nitrogens is 2. The highest BCUT2D eigenvalue weighted by molar-refractivity contribution is 5.97. The number of amides is 2. The van der Waals surface area contributed by atoms with Crippen LogP contribution in [0.15, 0.2) is 24.3 Å². The van der Waals surface area contributed by atoms with Crippen LogP contribution in [0, 0.1) is 5.82 Å². The third-order valence-corrected chi connectivity index (χ3v) is 4.71. The SMILES string of the molecule is COCCCNC(=O)c1nc(C(=O)NCc2ccc(F)cc2)n2c1CCCC2. The van der Waals surface area contributed by atoms with Crippen molar-refractivity contribution >= 4 is 11.8 Å². The molecule has 2 heterocycles. The van der Waals surface area contributed by atoms with E-state index in [0.29, 0.717) is 31.8 Å². The van der Waals surface area contributed by atoms with Gasteiger partial charge in [-0.25, -0.2) is 9.37 Å². The molecule has 2 aromatic rings. The Kier molecular flexibility index (Phi) is 6.76. The van der Waals surface area contributed by atoms with Crippen molar-refractivity contribution in [3.8, 4) is 0 Å². The molecule has 0 atom stereocenters. The number of nitrogens with zero attached hydrogens (tertiary/aromatic N) is 2. The molecule has 0 saturated carbocycles. The van der Waals surface area contributed by atoms with E-state index in [1.165, 1.54) is 12.1 Å². The summed E-state index contributed by atoms with van der Waals surface area (Å²) in [5.74, 6) is -0.678. The fourth-order valence-corrected chi connectivity index (χ4v) is 3.26. The number of fused-ring (bicyclic) bond motifs is 1. The maximum absolute atomic E-state index is 13.0. The van der Waals surface area contributed by atoms with Gasteiger partial charge >= 0.3 is 0 Å². The van der Waals surface area contributed by atoms with Crippen molar-refractivity contribution in [2.24, 2.45) is 0 Å². The number of carbonyl (C=O) groups excluding carboxylic acids is 2. The summed E-state index contributed by atoms with van der Waals surface area (Å²) in [5.41, 5.74) is 1.92. The highest BCUT2D eigenvalue weighted by Gasteiger charge is 2.27. The first kappa shape index (κ1) is 20.0. The second-order valence-corrected chi connectivity index (χ2v) is 6.75. The Bertz CT molecular complexity index is 833. The molecule has 0 radical (unpaired) electrons. The molecule has 28 heavy (non-hydrogen) atoms. The highest BCUT2D eigenvalue weighted by atomic mass is 19.1. The van der Waals surface area contributed by atoms with Crippen molar-refractivity contribution in [1.29, 1.82) is 0 Å². The Balaban J connectivity index is 1.71. The van der Waals surface area contributed by atoms with Crippen molar-refractivity contribution in [3.63, 3.8) is 0 Å². The first-order chi connectivity index (χ1) is 13.6. The van der Waals surface area contributed by atoms with Gasteiger partial charge in [-0.2, -0.15) is 0 Å². The molecule has 0 aliphatic carbocycles. The average molecular weight is 388 g/mol. The molecular weight excluding hydrogens is 363 g/mol. The second kappa shape index (κ2) is 9.45. The van der Waals surface area contributed by atoms with Crippen LogP contribution in [-0.4, -0.2) is 41.6 Å². The van der Waals surface area contributed by atoms with Gasteiger partial charge in [0.2, 0.25) is 0 Å². The van der Waals surface area contributed by atoms with Crippen LogP contribution < -0.4 is 10.6 Å². The molecule has 1 aliphatic heterocycles. The van der Waals surface area contributed by atoms with E-state index in [9.17, 15) is 14.0 Å². The number of methoxy groups -OCH3 is 1. The summed E-state index contributed by atoms with van der Waals surface area (Å²) in [5, 5.41) is 5.64. The quantitative estimate of drug-likeness (QED) is 0.678. The van der Waals surface area contributed by atoms with Gasteiger partial charge in [-0.05, 0) is 43.4 Å². The summed E-state index contributed by atoms with van der Waals surface area (Å²) in [6.45, 7) is 1.99. The van der Waals surface area contributed by atoms with Crippen molar-refractivity contribution in [3.05, 3.63) is 52.9 Å². The Morgan fingerprint density at radius 2 is 1.96 bits per heavy atom. The predicted octanol–water partition coefficient (Wildman–Crippen LogP) is 2.05. The number of hydrogen-bond acceptors (Lipinski definition) is 4. The molecule has 1 aromatic carbocycles. The van der Waals surface area contributed by atoms with Gasteiger partial charge in [0.25, 0.3) is 11.8 Å². The maximum Gasteiger partial charge on any atom is 0.287 e. The molecule has 0 bridgehead atoms. The van der Waals surface area contributed by atoms with Gasteiger partial charge in [-0.3, -0.25) is 9.59 Å². The number of ether oxygens (including phenoxy) is 1. The van der Waals surface area contributed by atoms with E-state index in [2.05, 4.69) is 15.6 Å². The molecule has 2 N–H and O–H groups in total. The van der Waals surface area contributed by atoms with Crippen molar-refractivity contribution < 1.29 is 18.7 Å². The summed E-state index contributed by atoms with van der Waals surface area (Å²) < 4.78 is 19.8. The molecule has 1 aliphatic rings. The van der Waals surface area contributed by atoms with Gasteiger partial charge in [0.15, 0.2) is 5.82 Å². The lowest BCUT2D eigenvalue weighted by Crippen LogP contribution is -2.27. The van der Waals surface area contributed by atoms with Crippen molar-refractivity contribution in [2.45, 2.75) is 38.8 Å². The van der Waals surface area contributed by atoms with Gasteiger partial charge in [-0.1, -0.05) is 12.1 Å². The van der Waals surface area contributed by atoms with E-state index in [4.69, 9.17) is 4.74 Å². The number of rotatable bonds is 8. The minimum atomic E-state index is -0.342. The largest absolute Gasteiger partial charge is 0.385 e. The van der Waals surface area contributed by atoms with Gasteiger partial charge in [0.05, 0.1) is 5.69 Å². The summed E-state index contributed by atoms with van der Waals surface area (Å²) >= 11 is 0. The molecule has 3 rings (SSSR count). The highest BCUT2D eigenvalue weighted by Crippen LogP contribution is 2.21. The van der Waals surface area contributed by atoms with E-state index < -0.39 is 0 Å². The maximum atomic E-state index is 13.0. The van der Waals surface area contributed by atoms with E-state index in [1.807, 2.05) is 4.57 Å². The smallest absolute Gasteiger partial charge is 0.287 e. The molecule has 7 nitrogen and oxygen atoms in total. The normalized spacial score (nSPS) is 13.1. The third kappa shape index (κ3) is 4.75. The minimum absolute atomic E-state index is 0.249. The lowest BCUT2D eigenvalue weighted by molar-refractivity contribution is 0.0934. The first-order valence-corrected chi connectivity index (χ1v) is 9.49. The molecule has 150 valence electrons. The van der Waals surface area contributed by atoms with E-state index in [-0.39, 0.29) is 30.0 Å². The number of halogens is 1. The summed E-state index contributed by atoms with van der Waals surface area (Å²) in [6.07, 6.45) is 3.34. The number of imidazole rings is 1. The van der Waals surface area contributed by atoms with Gasteiger partial charge in [-0.15, -0.1) is 0 Å². The topological polar surface area (TPSA) is 85.2 Å². The third-order valence-electron chi connectivity index (χ3n) is 4.71. The van der Waals surface area contributed by atoms with Crippen LogP contribution in [0.25, 0.3) is 0 Å². The lowest BCUT2D eigenvalue weighted by atomic mass is 10.1. The summed E-state index contributed by atoms with van der Waals surface area (Å²) in [4.78, 5) is 29.6. The first-order valence-electron chi connectivity index (χ1n) is 9.49. The van der Waals surface area contributed by atoms with Crippen molar-refractivity contribution in [1.82, 2.24) is 20.2 Å². The lowest BCUT2D eigenvalue weighted by Gasteiger charge is -2.17. The van der Waals surface area contributed by atoms with Crippen LogP contribution in [-0.2, 0) is 24.2 Å². The Labute approximate surface area is 163 Å². The number of carbonyl (C=O) groups is 2. The number of hydrogen-bond donors (Lipinski definition) is 2. The zero-order chi connectivity index (χ0) is 19.9. The van der Waals surface area contributed by atoms with Crippen LogP contribution in [0.4, 0.5) is 4.39 Å². The van der Waals surface area contributed by atoms with Crippen LogP contribution in [0.3, 0.4) is 0 Å². The predicted molar refractivity (Wildman–Crippen MR) is 102 cm³/mol. The van der Waals surface area contributed by atoms with Crippen LogP contribution in [0.5, 0.6) is 0 Å². The van der Waals surface area contributed by atoms with Crippen LogP contribution in [0.2, 0.25) is 0 Å². The minimum Gasteiger partial charge on any atom is -0.385 e. The van der Waals surface area contributed by atoms with Crippen LogP contribution >= 0.6 is 0 Å². The Morgan fingerprint density at radius 3 is 2.71 bits per heavy atom. The number of benzene rings is 1. The van der Waals surface area contributed by atoms with Crippen molar-refractivity contribution in [2.75, 3.05) is 20.3 Å². The monoisotopic (exact) mass is 388 g/mol. The van der Waals surface area contributed by atoms with Crippen LogP contribution in [0.1, 0.15) is 51.6 Å². The molecule has 2 amide bonds. The molecule has 0 fully saturated rings. The van der Waals surface area contributed by atoms with Gasteiger partial charge in [0, 0.05) is 33.4 Å². The zero-order valence-corrected chi connectivity index (χ0v) is 16.0. The van der Waals surface area contributed by atoms with Gasteiger partial charge in [0.1, 0.15) is 11.5 Å². The molecular formula is C20H25FN4O3. The average Bonchev–Trinajstić information content (AvgIpc) is 3.10. The van der Waals surface area contributed by atoms with Gasteiger partial charge < -0.3 is 19.9 Å². The van der Waals surface area contributed by atoms with E-state index in [1.54, 1.807) is 19.2 Å². The molecule has 8 heteroatoms. The Hall–Kier alpha value is -2.74. The molecule has 0 saturated heterocycles. The van der Waals surface area contributed by atoms with E-state index in [0.717, 1.165) is 30.5 Å². The summed E-state index contributed by atoms with van der Waals surface area (Å²) in [7, 11) is 1.62. The Morgan fingerprint density at radius 1 is 1.18 bits per heavy atom. The second-order valence-electron chi connectivity index (χ2n) is 6.75.